The molecule has 10 rings (SSSR count). The lowest BCUT2D eigenvalue weighted by molar-refractivity contribution is 0.661. The molecule has 3 heterocycles. The van der Waals surface area contributed by atoms with Gasteiger partial charge in [-0.05, 0) is 75.5 Å². The lowest BCUT2D eigenvalue weighted by atomic mass is 9.82. The Balaban J connectivity index is 1.30. The van der Waals surface area contributed by atoms with E-state index in [9.17, 15) is 0 Å². The number of aromatic nitrogens is 4. The van der Waals surface area contributed by atoms with Crippen LogP contribution in [0.25, 0.3) is 77.3 Å². The molecule has 0 unspecified atom stereocenters. The Morgan fingerprint density at radius 1 is 0.511 bits per heavy atom. The molecule has 0 amide bonds. The minimum Gasteiger partial charge on any atom is -0.306 e. The van der Waals surface area contributed by atoms with Crippen molar-refractivity contribution >= 4 is 54.5 Å². The minimum atomic E-state index is -0.101. The van der Waals surface area contributed by atoms with Crippen LogP contribution in [0.4, 0.5) is 0 Å². The third kappa shape index (κ3) is 3.26. The molecule has 6 aromatic carbocycles. The normalized spacial score (nSPS) is 13.7. The summed E-state index contributed by atoms with van der Waals surface area (Å²) in [4.78, 5) is 10.5. The van der Waals surface area contributed by atoms with Crippen LogP contribution in [0.15, 0.2) is 134 Å². The summed E-state index contributed by atoms with van der Waals surface area (Å²) in [6.45, 7) is 4.67. The number of para-hydroxylation sites is 2. The third-order valence-electron chi connectivity index (χ3n) is 9.95. The summed E-state index contributed by atoms with van der Waals surface area (Å²) in [5.41, 5.74) is 11.7. The van der Waals surface area contributed by atoms with Crippen molar-refractivity contribution in [2.24, 2.45) is 0 Å². The second-order valence-electron chi connectivity index (χ2n) is 12.7. The number of benzene rings is 6. The van der Waals surface area contributed by atoms with Gasteiger partial charge in [0, 0.05) is 27.3 Å². The number of fused-ring (bicyclic) bond motifs is 10. The van der Waals surface area contributed by atoms with E-state index in [2.05, 4.69) is 150 Å². The molecule has 0 saturated heterocycles. The second kappa shape index (κ2) is 8.67. The van der Waals surface area contributed by atoms with Gasteiger partial charge >= 0.3 is 0 Å². The first-order valence-corrected chi connectivity index (χ1v) is 15.5. The fraction of sp³-hybridized carbons (Fsp3) is 0.0732. The molecule has 0 saturated carbocycles. The summed E-state index contributed by atoms with van der Waals surface area (Å²) in [7, 11) is 0. The van der Waals surface area contributed by atoms with Crippen LogP contribution >= 0.6 is 0 Å². The summed E-state index contributed by atoms with van der Waals surface area (Å²) in [6.07, 6.45) is 2.00. The summed E-state index contributed by atoms with van der Waals surface area (Å²) >= 11 is 0. The van der Waals surface area contributed by atoms with E-state index in [0.29, 0.717) is 5.95 Å². The minimum absolute atomic E-state index is 0.101. The Labute approximate surface area is 259 Å². The van der Waals surface area contributed by atoms with E-state index in [1.807, 2.05) is 6.20 Å². The highest BCUT2D eigenvalue weighted by Gasteiger charge is 2.36. The van der Waals surface area contributed by atoms with Crippen LogP contribution in [0.5, 0.6) is 0 Å². The van der Waals surface area contributed by atoms with Gasteiger partial charge in [-0.15, -0.1) is 0 Å². The quantitative estimate of drug-likeness (QED) is 0.205. The van der Waals surface area contributed by atoms with Gasteiger partial charge in [0.05, 0.1) is 28.3 Å². The van der Waals surface area contributed by atoms with Gasteiger partial charge in [0.15, 0.2) is 0 Å². The monoisotopic (exact) mass is 576 g/mol. The number of nitrogens with zero attached hydrogens (tertiary/aromatic N) is 4. The summed E-state index contributed by atoms with van der Waals surface area (Å²) in [6, 6.07) is 45.9. The molecule has 0 atom stereocenters. The van der Waals surface area contributed by atoms with Gasteiger partial charge in [-0.3, -0.25) is 4.57 Å². The van der Waals surface area contributed by atoms with Crippen molar-refractivity contribution in [2.45, 2.75) is 19.3 Å². The van der Waals surface area contributed by atoms with E-state index in [4.69, 9.17) is 9.97 Å². The fourth-order valence-corrected chi connectivity index (χ4v) is 7.80. The zero-order valence-electron chi connectivity index (χ0n) is 25.0. The molecule has 9 aromatic rings. The van der Waals surface area contributed by atoms with Gasteiger partial charge < -0.3 is 4.57 Å². The molecule has 4 nitrogen and oxygen atoms in total. The molecule has 45 heavy (non-hydrogen) atoms. The van der Waals surface area contributed by atoms with Crippen molar-refractivity contribution in [3.05, 3.63) is 145 Å². The Morgan fingerprint density at radius 2 is 1.22 bits per heavy atom. The Bertz CT molecular complexity index is 2670. The first-order valence-electron chi connectivity index (χ1n) is 15.5. The Hall–Kier alpha value is -5.74. The standard InChI is InChI=1S/C41H28N4/c1-41(2)33-18-10-8-16-28(33)30-22-31-29-17-9-11-19-35(29)45(37(31)23-34(30)41)40-42-24-38-39(43-40)32-20-25-12-6-7-13-26(25)21-36(32)44(38)27-14-4-3-5-15-27/h3-24H,1-2H3. The molecule has 3 aromatic heterocycles. The van der Waals surface area contributed by atoms with Crippen LogP contribution in [0.1, 0.15) is 25.0 Å². The maximum absolute atomic E-state index is 5.40. The largest absolute Gasteiger partial charge is 0.306 e. The lowest BCUT2D eigenvalue weighted by Gasteiger charge is -2.21. The van der Waals surface area contributed by atoms with Gasteiger partial charge in [0.2, 0.25) is 5.95 Å². The summed E-state index contributed by atoms with van der Waals surface area (Å²) in [5, 5.41) is 5.95. The molecule has 0 fully saturated rings. The highest BCUT2D eigenvalue weighted by Crippen LogP contribution is 2.51. The van der Waals surface area contributed by atoms with Crippen molar-refractivity contribution in [2.75, 3.05) is 0 Å². The summed E-state index contributed by atoms with van der Waals surface area (Å²) in [5.74, 6) is 0.683. The van der Waals surface area contributed by atoms with Crippen LogP contribution in [0.3, 0.4) is 0 Å². The third-order valence-corrected chi connectivity index (χ3v) is 9.95. The Morgan fingerprint density at radius 3 is 2.09 bits per heavy atom. The SMILES string of the molecule is CC1(C)c2ccccc2-c2cc3c4ccccc4n(-c4ncc5c(n4)c4cc6ccccc6cc4n5-c4ccccc4)c3cc21. The highest BCUT2D eigenvalue weighted by atomic mass is 15.2. The average molecular weight is 577 g/mol. The van der Waals surface area contributed by atoms with Crippen molar-refractivity contribution in [1.82, 2.24) is 19.1 Å². The van der Waals surface area contributed by atoms with E-state index in [1.165, 1.54) is 43.8 Å². The molecular formula is C41H28N4. The van der Waals surface area contributed by atoms with Crippen molar-refractivity contribution in [1.29, 1.82) is 0 Å². The van der Waals surface area contributed by atoms with Crippen LogP contribution in [-0.4, -0.2) is 19.1 Å². The molecule has 0 spiro atoms. The molecular weight excluding hydrogens is 548 g/mol. The first-order chi connectivity index (χ1) is 22.1. The van der Waals surface area contributed by atoms with Gasteiger partial charge in [-0.2, -0.15) is 0 Å². The zero-order chi connectivity index (χ0) is 29.9. The molecule has 1 aliphatic rings. The number of hydrogen-bond acceptors (Lipinski definition) is 2. The van der Waals surface area contributed by atoms with Crippen molar-refractivity contribution in [3.63, 3.8) is 0 Å². The maximum Gasteiger partial charge on any atom is 0.235 e. The predicted octanol–water partition coefficient (Wildman–Crippen LogP) is 10.1. The fourth-order valence-electron chi connectivity index (χ4n) is 7.80. The molecule has 0 bridgehead atoms. The lowest BCUT2D eigenvalue weighted by Crippen LogP contribution is -2.15. The molecule has 0 aliphatic heterocycles. The zero-order valence-corrected chi connectivity index (χ0v) is 25.0. The topological polar surface area (TPSA) is 35.6 Å². The van der Waals surface area contributed by atoms with E-state index in [0.717, 1.165) is 38.7 Å². The Kier molecular flexibility index (Phi) is 4.76. The predicted molar refractivity (Wildman–Crippen MR) is 186 cm³/mol. The highest BCUT2D eigenvalue weighted by molar-refractivity contribution is 6.13. The van der Waals surface area contributed by atoms with Crippen LogP contribution < -0.4 is 0 Å². The van der Waals surface area contributed by atoms with Gasteiger partial charge in [0.25, 0.3) is 0 Å². The van der Waals surface area contributed by atoms with Crippen LogP contribution in [0, 0.1) is 0 Å². The van der Waals surface area contributed by atoms with Crippen LogP contribution in [-0.2, 0) is 5.41 Å². The summed E-state index contributed by atoms with van der Waals surface area (Å²) < 4.78 is 4.55. The number of hydrogen-bond donors (Lipinski definition) is 0. The number of rotatable bonds is 2. The van der Waals surface area contributed by atoms with E-state index in [1.54, 1.807) is 0 Å². The molecule has 0 radical (unpaired) electrons. The van der Waals surface area contributed by atoms with Crippen molar-refractivity contribution in [3.8, 4) is 22.8 Å². The molecule has 1 aliphatic carbocycles. The van der Waals surface area contributed by atoms with E-state index in [-0.39, 0.29) is 5.41 Å². The molecule has 212 valence electrons. The maximum atomic E-state index is 5.40. The van der Waals surface area contributed by atoms with Crippen LogP contribution in [0.2, 0.25) is 0 Å². The molecule has 4 heteroatoms. The van der Waals surface area contributed by atoms with Gasteiger partial charge in [-0.25, -0.2) is 9.97 Å². The second-order valence-corrected chi connectivity index (χ2v) is 12.7. The first kappa shape index (κ1) is 24.7. The van der Waals surface area contributed by atoms with Gasteiger partial charge in [0.1, 0.15) is 5.52 Å². The smallest absolute Gasteiger partial charge is 0.235 e. The van der Waals surface area contributed by atoms with E-state index >= 15 is 0 Å². The average Bonchev–Trinajstić information content (AvgIpc) is 3.66. The van der Waals surface area contributed by atoms with Crippen molar-refractivity contribution < 1.29 is 0 Å². The van der Waals surface area contributed by atoms with Gasteiger partial charge in [-0.1, -0.05) is 98.8 Å². The molecule has 0 N–H and O–H groups in total. The van der Waals surface area contributed by atoms with E-state index < -0.39 is 0 Å².